The molecule has 134 valence electrons. The van der Waals surface area contributed by atoms with E-state index in [0.29, 0.717) is 5.13 Å². The fraction of sp³-hybridized carbons (Fsp3) is 0.235. The van der Waals surface area contributed by atoms with Crippen LogP contribution in [0.4, 0.5) is 5.13 Å². The molecule has 0 radical (unpaired) electrons. The molecule has 0 saturated carbocycles. The van der Waals surface area contributed by atoms with E-state index in [-0.39, 0.29) is 5.69 Å². The third-order valence-electron chi connectivity index (χ3n) is 3.35. The van der Waals surface area contributed by atoms with Gasteiger partial charge in [0.2, 0.25) is 10.6 Å². The number of carbonyl (C=O) groups excluding carboxylic acids is 1. The summed E-state index contributed by atoms with van der Waals surface area (Å²) < 4.78 is 2.28. The van der Waals surface area contributed by atoms with Crippen molar-refractivity contribution < 1.29 is 4.79 Å². The molecular weight excluding hydrogens is 370 g/mol. The van der Waals surface area contributed by atoms with E-state index >= 15 is 0 Å². The van der Waals surface area contributed by atoms with Gasteiger partial charge in [-0.3, -0.25) is 14.9 Å². The molecule has 3 aromatic rings. The summed E-state index contributed by atoms with van der Waals surface area (Å²) >= 11 is 2.86. The molecule has 0 aliphatic heterocycles. The molecule has 0 saturated heterocycles. The summed E-state index contributed by atoms with van der Waals surface area (Å²) in [6.45, 7) is 4.04. The molecule has 1 N–H and O–H groups in total. The molecule has 0 fully saturated rings. The smallest absolute Gasteiger partial charge is 0.282 e. The Balaban J connectivity index is 1.82. The molecule has 9 heteroatoms. The van der Waals surface area contributed by atoms with Crippen LogP contribution in [0.3, 0.4) is 0 Å². The van der Waals surface area contributed by atoms with Crippen LogP contribution in [0.2, 0.25) is 0 Å². The molecule has 26 heavy (non-hydrogen) atoms. The lowest BCUT2D eigenvalue weighted by Gasteiger charge is -2.07. The lowest BCUT2D eigenvalue weighted by atomic mass is 10.2. The van der Waals surface area contributed by atoms with Crippen molar-refractivity contribution in [3.8, 4) is 5.69 Å². The summed E-state index contributed by atoms with van der Waals surface area (Å²) in [6, 6.07) is 8.95. The standard InChI is InChI=1S/C17H17N5O2S2/c1-3-9-25-17-20-19-16(26-17)18-15(24)14-13(23)7-8-22(21-14)12-6-4-5-11(2)10-12/h4-8,10H,3,9H2,1-2H3,(H,18,19,24). The number of amides is 1. The second kappa shape index (κ2) is 8.24. The van der Waals surface area contributed by atoms with Crippen LogP contribution in [-0.4, -0.2) is 31.6 Å². The Labute approximate surface area is 158 Å². The number of nitrogens with one attached hydrogen (secondary N) is 1. The van der Waals surface area contributed by atoms with E-state index in [4.69, 9.17) is 0 Å². The van der Waals surface area contributed by atoms with Gasteiger partial charge in [-0.15, -0.1) is 10.2 Å². The van der Waals surface area contributed by atoms with E-state index < -0.39 is 11.3 Å². The van der Waals surface area contributed by atoms with Gasteiger partial charge in [-0.1, -0.05) is 42.2 Å². The topological polar surface area (TPSA) is 89.8 Å². The Bertz CT molecular complexity index is 983. The molecule has 0 aliphatic carbocycles. The number of nitrogens with zero attached hydrogens (tertiary/aromatic N) is 4. The zero-order valence-electron chi connectivity index (χ0n) is 14.3. The predicted octanol–water partition coefficient (Wildman–Crippen LogP) is 3.15. The SMILES string of the molecule is CCCSc1nnc(NC(=O)c2nn(-c3cccc(C)c3)ccc2=O)s1. The van der Waals surface area contributed by atoms with Crippen molar-refractivity contribution in [2.75, 3.05) is 11.1 Å². The Hall–Kier alpha value is -2.52. The molecule has 0 bridgehead atoms. The number of aromatic nitrogens is 4. The number of benzene rings is 1. The number of hydrogen-bond donors (Lipinski definition) is 1. The summed E-state index contributed by atoms with van der Waals surface area (Å²) in [4.78, 5) is 24.5. The number of carbonyl (C=O) groups is 1. The zero-order valence-corrected chi connectivity index (χ0v) is 15.9. The van der Waals surface area contributed by atoms with Crippen molar-refractivity contribution in [1.82, 2.24) is 20.0 Å². The fourth-order valence-corrected chi connectivity index (χ4v) is 3.82. The number of anilines is 1. The van der Waals surface area contributed by atoms with Gasteiger partial charge in [-0.05, 0) is 31.0 Å². The van der Waals surface area contributed by atoms with Crippen LogP contribution in [0, 0.1) is 6.92 Å². The normalized spacial score (nSPS) is 10.7. The predicted molar refractivity (Wildman–Crippen MR) is 103 cm³/mol. The van der Waals surface area contributed by atoms with Gasteiger partial charge in [0.05, 0.1) is 5.69 Å². The maximum absolute atomic E-state index is 12.5. The minimum atomic E-state index is -0.597. The average molecular weight is 387 g/mol. The summed E-state index contributed by atoms with van der Waals surface area (Å²) in [7, 11) is 0. The van der Waals surface area contributed by atoms with Crippen LogP contribution in [0.5, 0.6) is 0 Å². The lowest BCUT2D eigenvalue weighted by Crippen LogP contribution is -2.25. The molecule has 2 aromatic heterocycles. The number of rotatable bonds is 6. The monoisotopic (exact) mass is 387 g/mol. The first-order valence-corrected chi connectivity index (χ1v) is 9.81. The molecule has 1 aromatic carbocycles. The van der Waals surface area contributed by atoms with Gasteiger partial charge in [0.15, 0.2) is 10.0 Å². The lowest BCUT2D eigenvalue weighted by molar-refractivity contribution is 0.101. The van der Waals surface area contributed by atoms with Crippen molar-refractivity contribution in [3.05, 3.63) is 58.0 Å². The molecule has 1 amide bonds. The zero-order chi connectivity index (χ0) is 18.5. The van der Waals surface area contributed by atoms with Crippen LogP contribution in [0.1, 0.15) is 29.4 Å². The van der Waals surface area contributed by atoms with Crippen molar-refractivity contribution in [2.45, 2.75) is 24.6 Å². The van der Waals surface area contributed by atoms with Gasteiger partial charge in [-0.2, -0.15) is 5.10 Å². The van der Waals surface area contributed by atoms with Crippen molar-refractivity contribution in [2.24, 2.45) is 0 Å². The maximum Gasteiger partial charge on any atom is 0.282 e. The van der Waals surface area contributed by atoms with Crippen LogP contribution >= 0.6 is 23.1 Å². The van der Waals surface area contributed by atoms with Crippen molar-refractivity contribution in [1.29, 1.82) is 0 Å². The third-order valence-corrected chi connectivity index (χ3v) is 5.52. The second-order valence-electron chi connectivity index (χ2n) is 5.49. The van der Waals surface area contributed by atoms with E-state index in [1.165, 1.54) is 22.1 Å². The first kappa shape index (κ1) is 18.3. The van der Waals surface area contributed by atoms with Gasteiger partial charge in [0.1, 0.15) is 0 Å². The fourth-order valence-electron chi connectivity index (χ4n) is 2.14. The van der Waals surface area contributed by atoms with Crippen LogP contribution in [0.15, 0.2) is 45.7 Å². The number of aryl methyl sites for hydroxylation is 1. The highest BCUT2D eigenvalue weighted by atomic mass is 32.2. The van der Waals surface area contributed by atoms with Gasteiger partial charge in [0.25, 0.3) is 5.91 Å². The highest BCUT2D eigenvalue weighted by Crippen LogP contribution is 2.25. The van der Waals surface area contributed by atoms with E-state index in [2.05, 4.69) is 27.5 Å². The van der Waals surface area contributed by atoms with E-state index in [1.807, 2.05) is 31.2 Å². The molecular formula is C17H17N5O2S2. The third kappa shape index (κ3) is 4.36. The molecule has 2 heterocycles. The Kier molecular flexibility index (Phi) is 5.79. The first-order valence-electron chi connectivity index (χ1n) is 8.01. The van der Waals surface area contributed by atoms with Crippen molar-refractivity contribution in [3.63, 3.8) is 0 Å². The molecule has 0 atom stereocenters. The molecule has 0 unspecified atom stereocenters. The van der Waals surface area contributed by atoms with E-state index in [0.717, 1.165) is 27.8 Å². The highest BCUT2D eigenvalue weighted by molar-refractivity contribution is 8.01. The molecule has 0 spiro atoms. The molecule has 7 nitrogen and oxygen atoms in total. The number of hydrogen-bond acceptors (Lipinski definition) is 7. The number of thioether (sulfide) groups is 1. The van der Waals surface area contributed by atoms with Gasteiger partial charge in [-0.25, -0.2) is 4.68 Å². The maximum atomic E-state index is 12.5. The largest absolute Gasteiger partial charge is 0.295 e. The Morgan fingerprint density at radius 1 is 1.31 bits per heavy atom. The van der Waals surface area contributed by atoms with Crippen molar-refractivity contribution >= 4 is 34.1 Å². The van der Waals surface area contributed by atoms with Gasteiger partial charge in [0, 0.05) is 18.0 Å². The minimum absolute atomic E-state index is 0.188. The molecule has 0 aliphatic rings. The van der Waals surface area contributed by atoms with Crippen LogP contribution in [0.25, 0.3) is 5.69 Å². The summed E-state index contributed by atoms with van der Waals surface area (Å²) in [5.41, 5.74) is 1.19. The van der Waals surface area contributed by atoms with Crippen LogP contribution in [-0.2, 0) is 0 Å². The molecule has 3 rings (SSSR count). The van der Waals surface area contributed by atoms with E-state index in [1.54, 1.807) is 18.0 Å². The summed E-state index contributed by atoms with van der Waals surface area (Å²) in [5.74, 6) is 0.338. The first-order chi connectivity index (χ1) is 12.6. The Morgan fingerprint density at radius 3 is 2.92 bits per heavy atom. The average Bonchev–Trinajstić information content (AvgIpc) is 3.07. The second-order valence-corrected chi connectivity index (χ2v) is 7.81. The highest BCUT2D eigenvalue weighted by Gasteiger charge is 2.16. The quantitative estimate of drug-likeness (QED) is 0.516. The Morgan fingerprint density at radius 2 is 2.15 bits per heavy atom. The minimum Gasteiger partial charge on any atom is -0.295 e. The van der Waals surface area contributed by atoms with Gasteiger partial charge >= 0.3 is 0 Å². The summed E-state index contributed by atoms with van der Waals surface area (Å²) in [5, 5.41) is 15.1. The van der Waals surface area contributed by atoms with Gasteiger partial charge < -0.3 is 0 Å². The summed E-state index contributed by atoms with van der Waals surface area (Å²) in [6.07, 6.45) is 2.57. The van der Waals surface area contributed by atoms with E-state index in [9.17, 15) is 9.59 Å². The van der Waals surface area contributed by atoms with Crippen LogP contribution < -0.4 is 10.7 Å².